The van der Waals surface area contributed by atoms with Gasteiger partial charge in [-0.2, -0.15) is 0 Å². The standard InChI is InChI=1S/C33H40NO6P/c1-10-20-19-37-31(34-20)23-13-11-12-14-28(23)38-41-39-29-24(15-21(35-8)17-26(29)32(2,3)4)25-16-22(36-9)18-27(30(25)40-41)33(5,6)7/h11-18,20H,10,19H2,1-9H3/t20-/m0/s1. The fraction of sp³-hybridized carbons (Fsp3) is 0.424. The van der Waals surface area contributed by atoms with Gasteiger partial charge in [-0.3, -0.25) is 0 Å². The maximum Gasteiger partial charge on any atom is 0.453 e. The second-order valence-electron chi connectivity index (χ2n) is 12.4. The number of hydrogen-bond acceptors (Lipinski definition) is 7. The van der Waals surface area contributed by atoms with Crippen LogP contribution in [0.1, 0.15) is 71.6 Å². The Labute approximate surface area is 243 Å². The molecule has 41 heavy (non-hydrogen) atoms. The Kier molecular flexibility index (Phi) is 7.78. The average molecular weight is 578 g/mol. The van der Waals surface area contributed by atoms with E-state index in [1.54, 1.807) is 14.2 Å². The molecular formula is C33H40NO6P. The molecule has 1 aliphatic heterocycles. The smallest absolute Gasteiger partial charge is 0.453 e. The summed E-state index contributed by atoms with van der Waals surface area (Å²) in [4.78, 5) is 4.76. The molecular weight excluding hydrogens is 537 g/mol. The Morgan fingerprint density at radius 2 is 1.37 bits per heavy atom. The van der Waals surface area contributed by atoms with Crippen LogP contribution >= 0.6 is 8.24 Å². The number of hydrogen-bond donors (Lipinski definition) is 0. The molecule has 4 aromatic rings. The van der Waals surface area contributed by atoms with Gasteiger partial charge in [-0.1, -0.05) is 60.6 Å². The van der Waals surface area contributed by atoms with Crippen molar-refractivity contribution in [1.82, 2.24) is 0 Å². The predicted molar refractivity (Wildman–Crippen MR) is 166 cm³/mol. The van der Waals surface area contributed by atoms with Crippen molar-refractivity contribution in [2.45, 2.75) is 71.8 Å². The minimum atomic E-state index is -1.94. The Morgan fingerprint density at radius 1 is 0.829 bits per heavy atom. The third-order valence-corrected chi connectivity index (χ3v) is 8.32. The summed E-state index contributed by atoms with van der Waals surface area (Å²) in [6, 6.07) is 15.9. The van der Waals surface area contributed by atoms with Crippen LogP contribution in [-0.2, 0) is 15.6 Å². The van der Waals surface area contributed by atoms with Gasteiger partial charge < -0.3 is 27.1 Å². The highest BCUT2D eigenvalue weighted by molar-refractivity contribution is 7.32. The van der Waals surface area contributed by atoms with Gasteiger partial charge in [0.2, 0.25) is 5.90 Å². The molecule has 8 heteroatoms. The molecule has 0 saturated heterocycles. The number of benzene rings is 3. The lowest BCUT2D eigenvalue weighted by molar-refractivity contribution is 0.314. The molecule has 0 radical (unpaired) electrons. The molecule has 0 N–H and O–H groups in total. The van der Waals surface area contributed by atoms with Crippen LogP contribution in [0.5, 0.6) is 17.2 Å². The predicted octanol–water partition coefficient (Wildman–Crippen LogP) is 9.30. The number of aliphatic imine (C=N–C) groups is 1. The van der Waals surface area contributed by atoms with Gasteiger partial charge in [0.05, 0.1) is 25.8 Å². The van der Waals surface area contributed by atoms with E-state index in [1.807, 2.05) is 48.5 Å². The molecule has 3 aromatic carbocycles. The molecule has 0 amide bonds. The van der Waals surface area contributed by atoms with E-state index < -0.39 is 8.24 Å². The van der Waals surface area contributed by atoms with Gasteiger partial charge in [0.15, 0.2) is 0 Å². The van der Waals surface area contributed by atoms with Crippen molar-refractivity contribution in [2.75, 3.05) is 20.8 Å². The fourth-order valence-corrected chi connectivity index (χ4v) is 6.05. The van der Waals surface area contributed by atoms with Gasteiger partial charge in [-0.15, -0.1) is 0 Å². The van der Waals surface area contributed by atoms with Gasteiger partial charge in [0.25, 0.3) is 0 Å². The summed E-state index contributed by atoms with van der Waals surface area (Å²) in [5.41, 5.74) is 3.65. The molecule has 0 fully saturated rings. The van der Waals surface area contributed by atoms with Crippen molar-refractivity contribution < 1.29 is 27.1 Å². The summed E-state index contributed by atoms with van der Waals surface area (Å²) in [5.74, 6) is 2.65. The minimum absolute atomic E-state index is 0.140. The van der Waals surface area contributed by atoms with E-state index in [0.717, 1.165) is 45.4 Å². The lowest BCUT2D eigenvalue weighted by Crippen LogP contribution is -2.12. The Bertz CT molecular complexity index is 1570. The molecule has 0 spiro atoms. The molecule has 1 aliphatic rings. The Hall–Kier alpha value is -3.57. The van der Waals surface area contributed by atoms with Crippen molar-refractivity contribution in [3.63, 3.8) is 0 Å². The second kappa shape index (κ2) is 11.0. The van der Waals surface area contributed by atoms with E-state index in [4.69, 9.17) is 32.1 Å². The number of methoxy groups -OCH3 is 2. The lowest BCUT2D eigenvalue weighted by Gasteiger charge is -2.21. The zero-order valence-electron chi connectivity index (χ0n) is 25.5. The SMILES string of the molecule is CC[C@H]1COC(c2ccccc2Op2oc3c(C(C)(C)C)cc(OC)cc3c3cc(OC)cc(C(C)(C)C)c3o2)=N1. The van der Waals surface area contributed by atoms with Crippen LogP contribution < -0.4 is 14.0 Å². The maximum atomic E-state index is 6.74. The first-order chi connectivity index (χ1) is 19.4. The topological polar surface area (TPSA) is 75.6 Å². The summed E-state index contributed by atoms with van der Waals surface area (Å²) in [5, 5.41) is 1.73. The highest BCUT2D eigenvalue weighted by Gasteiger charge is 2.27. The average Bonchev–Trinajstić information content (AvgIpc) is 3.35. The van der Waals surface area contributed by atoms with Crippen LogP contribution in [0.25, 0.3) is 21.9 Å². The second-order valence-corrected chi connectivity index (χ2v) is 13.4. The van der Waals surface area contributed by atoms with E-state index >= 15 is 0 Å². The van der Waals surface area contributed by atoms with Crippen molar-refractivity contribution in [1.29, 1.82) is 0 Å². The highest BCUT2D eigenvalue weighted by atomic mass is 31.1. The number of nitrogens with zero attached hydrogens (tertiary/aromatic N) is 1. The third kappa shape index (κ3) is 5.78. The zero-order chi connectivity index (χ0) is 29.5. The maximum absolute atomic E-state index is 6.74. The molecule has 2 heterocycles. The van der Waals surface area contributed by atoms with Gasteiger partial charge in [-0.05, 0) is 53.6 Å². The van der Waals surface area contributed by atoms with E-state index in [1.165, 1.54) is 0 Å². The molecule has 5 rings (SSSR count). The molecule has 0 saturated carbocycles. The first kappa shape index (κ1) is 28.9. The van der Waals surface area contributed by atoms with Gasteiger partial charge in [0.1, 0.15) is 35.0 Å². The molecule has 7 nitrogen and oxygen atoms in total. The van der Waals surface area contributed by atoms with Crippen LogP contribution in [0.15, 0.2) is 61.9 Å². The molecule has 0 bridgehead atoms. The van der Waals surface area contributed by atoms with Gasteiger partial charge >= 0.3 is 8.24 Å². The summed E-state index contributed by atoms with van der Waals surface area (Å²) in [6.45, 7) is 15.6. The minimum Gasteiger partial charge on any atom is -0.497 e. The quantitative estimate of drug-likeness (QED) is 0.227. The summed E-state index contributed by atoms with van der Waals surface area (Å²) < 4.78 is 37.6. The van der Waals surface area contributed by atoms with Crippen LogP contribution in [0, 0.1) is 0 Å². The third-order valence-electron chi connectivity index (χ3n) is 7.31. The fourth-order valence-electron chi connectivity index (χ4n) is 4.93. The van der Waals surface area contributed by atoms with Gasteiger partial charge in [0, 0.05) is 21.9 Å². The van der Waals surface area contributed by atoms with Gasteiger partial charge in [-0.25, -0.2) is 4.99 Å². The number of fused-ring (bicyclic) bond motifs is 3. The lowest BCUT2D eigenvalue weighted by atomic mass is 9.84. The number of rotatable bonds is 6. The van der Waals surface area contributed by atoms with Crippen LogP contribution in [0.4, 0.5) is 0 Å². The van der Waals surface area contributed by atoms with Crippen LogP contribution in [-0.4, -0.2) is 32.8 Å². The monoisotopic (exact) mass is 577 g/mol. The Balaban J connectivity index is 1.86. The largest absolute Gasteiger partial charge is 0.497 e. The van der Waals surface area contributed by atoms with Crippen LogP contribution in [0.2, 0.25) is 0 Å². The molecule has 0 unspecified atom stereocenters. The summed E-state index contributed by atoms with van der Waals surface area (Å²) in [7, 11) is 1.42. The first-order valence-corrected chi connectivity index (χ1v) is 15.1. The highest BCUT2D eigenvalue weighted by Crippen LogP contribution is 2.46. The van der Waals surface area contributed by atoms with E-state index in [9.17, 15) is 0 Å². The van der Waals surface area contributed by atoms with Crippen molar-refractivity contribution in [3.05, 3.63) is 65.2 Å². The zero-order valence-corrected chi connectivity index (χ0v) is 26.3. The van der Waals surface area contributed by atoms with Crippen molar-refractivity contribution >= 4 is 36.1 Å². The summed E-state index contributed by atoms with van der Waals surface area (Å²) >= 11 is 0. The van der Waals surface area contributed by atoms with E-state index in [-0.39, 0.29) is 16.9 Å². The number of ether oxygens (including phenoxy) is 3. The van der Waals surface area contributed by atoms with Crippen molar-refractivity contribution in [3.8, 4) is 17.2 Å². The number of para-hydroxylation sites is 1. The first-order valence-electron chi connectivity index (χ1n) is 14.0. The molecule has 0 aliphatic carbocycles. The van der Waals surface area contributed by atoms with E-state index in [2.05, 4.69) is 48.5 Å². The Morgan fingerprint density at radius 3 is 1.83 bits per heavy atom. The molecule has 1 atom stereocenters. The van der Waals surface area contributed by atoms with Crippen LogP contribution in [0.3, 0.4) is 0 Å². The van der Waals surface area contributed by atoms with E-state index in [0.29, 0.717) is 29.4 Å². The molecule has 1 aromatic heterocycles. The summed E-state index contributed by atoms with van der Waals surface area (Å²) in [6.07, 6.45) is 0.914. The van der Waals surface area contributed by atoms with Crippen molar-refractivity contribution in [2.24, 2.45) is 4.99 Å². The molecule has 218 valence electrons. The normalized spacial score (nSPS) is 15.5.